The number of halogens is 2. The lowest BCUT2D eigenvalue weighted by Gasteiger charge is -2.18. The Balaban J connectivity index is 2.22. The summed E-state index contributed by atoms with van der Waals surface area (Å²) in [5, 5.41) is 2.84. The number of hydrogen-bond donors (Lipinski definition) is 2. The molecule has 2 rings (SSSR count). The second-order valence-electron chi connectivity index (χ2n) is 4.16. The molecule has 0 spiro atoms. The monoisotopic (exact) mass is 344 g/mol. The molecule has 1 atom stereocenters. The van der Waals surface area contributed by atoms with E-state index in [0.717, 1.165) is 21.5 Å². The van der Waals surface area contributed by atoms with Gasteiger partial charge in [-0.25, -0.2) is 0 Å². The lowest BCUT2D eigenvalue weighted by Crippen LogP contribution is -2.29. The number of benzene rings is 1. The van der Waals surface area contributed by atoms with E-state index < -0.39 is 0 Å². The molecule has 0 aliphatic rings. The number of nitrogens with two attached hydrogens (primary N) is 1. The van der Waals surface area contributed by atoms with E-state index in [4.69, 9.17) is 17.4 Å². The van der Waals surface area contributed by atoms with Crippen molar-refractivity contribution in [3.05, 3.63) is 55.1 Å². The van der Waals surface area contributed by atoms with Crippen molar-refractivity contribution in [1.82, 2.24) is 5.43 Å². The van der Waals surface area contributed by atoms with Crippen molar-refractivity contribution in [1.29, 1.82) is 0 Å². The summed E-state index contributed by atoms with van der Waals surface area (Å²) in [5.74, 6) is 5.68. The molecular formula is C13H14BrClN2S. The molecule has 0 saturated carbocycles. The van der Waals surface area contributed by atoms with Crippen LogP contribution in [0.2, 0.25) is 5.02 Å². The average Bonchev–Trinajstić information content (AvgIpc) is 2.72. The Morgan fingerprint density at radius 1 is 1.44 bits per heavy atom. The molecule has 2 aromatic rings. The maximum Gasteiger partial charge on any atom is 0.0510 e. The zero-order chi connectivity index (χ0) is 13.1. The molecule has 1 aromatic heterocycles. The largest absolute Gasteiger partial charge is 0.271 e. The predicted octanol–water partition coefficient (Wildman–Crippen LogP) is 4.22. The van der Waals surface area contributed by atoms with E-state index >= 15 is 0 Å². The van der Waals surface area contributed by atoms with Crippen LogP contribution in [0.25, 0.3) is 0 Å². The van der Waals surface area contributed by atoms with Gasteiger partial charge in [-0.1, -0.05) is 17.7 Å². The van der Waals surface area contributed by atoms with Gasteiger partial charge in [0.05, 0.1) is 6.04 Å². The van der Waals surface area contributed by atoms with E-state index in [-0.39, 0.29) is 6.04 Å². The van der Waals surface area contributed by atoms with E-state index in [0.29, 0.717) is 0 Å². The fourth-order valence-electron chi connectivity index (χ4n) is 1.95. The third-order valence-electron chi connectivity index (χ3n) is 2.84. The van der Waals surface area contributed by atoms with Gasteiger partial charge in [-0.05, 0) is 52.2 Å². The molecule has 3 N–H and O–H groups in total. The van der Waals surface area contributed by atoms with Gasteiger partial charge in [-0.15, -0.1) is 11.3 Å². The summed E-state index contributed by atoms with van der Waals surface area (Å²) in [6.07, 6.45) is 0.870. The van der Waals surface area contributed by atoms with Gasteiger partial charge in [0.2, 0.25) is 0 Å². The third-order valence-corrected chi connectivity index (χ3v) is 4.79. The van der Waals surface area contributed by atoms with E-state index in [1.165, 1.54) is 10.4 Å². The van der Waals surface area contributed by atoms with Crippen LogP contribution in [-0.2, 0) is 6.42 Å². The zero-order valence-electron chi connectivity index (χ0n) is 9.91. The van der Waals surface area contributed by atoms with Crippen LogP contribution < -0.4 is 11.3 Å². The predicted molar refractivity (Wildman–Crippen MR) is 82.0 cm³/mol. The minimum absolute atomic E-state index is 0.104. The summed E-state index contributed by atoms with van der Waals surface area (Å²) in [5.41, 5.74) is 5.22. The Labute approximate surface area is 124 Å². The van der Waals surface area contributed by atoms with Gasteiger partial charge in [0, 0.05) is 26.2 Å². The van der Waals surface area contributed by atoms with Crippen molar-refractivity contribution in [2.45, 2.75) is 19.4 Å². The molecule has 96 valence electrons. The molecule has 0 aliphatic heterocycles. The van der Waals surface area contributed by atoms with Crippen LogP contribution in [-0.4, -0.2) is 0 Å². The molecular weight excluding hydrogens is 332 g/mol. The quantitative estimate of drug-likeness (QED) is 0.643. The Kier molecular flexibility index (Phi) is 4.81. The van der Waals surface area contributed by atoms with Crippen LogP contribution in [0.5, 0.6) is 0 Å². The number of hydrogen-bond acceptors (Lipinski definition) is 3. The highest BCUT2D eigenvalue weighted by Crippen LogP contribution is 2.27. The van der Waals surface area contributed by atoms with Gasteiger partial charge in [0.1, 0.15) is 0 Å². The number of nitrogens with one attached hydrogen (secondary N) is 1. The highest BCUT2D eigenvalue weighted by molar-refractivity contribution is 9.10. The highest BCUT2D eigenvalue weighted by Gasteiger charge is 2.14. The van der Waals surface area contributed by atoms with Gasteiger partial charge in [0.15, 0.2) is 0 Å². The molecule has 1 unspecified atom stereocenters. The van der Waals surface area contributed by atoms with Crippen LogP contribution in [0.1, 0.15) is 22.0 Å². The van der Waals surface area contributed by atoms with Crippen molar-refractivity contribution < 1.29 is 0 Å². The summed E-state index contributed by atoms with van der Waals surface area (Å²) in [6, 6.07) is 8.13. The van der Waals surface area contributed by atoms with Crippen LogP contribution >= 0.6 is 38.9 Å². The first-order chi connectivity index (χ1) is 8.60. The summed E-state index contributed by atoms with van der Waals surface area (Å²) >= 11 is 11.2. The minimum atomic E-state index is 0.104. The number of hydrazine groups is 1. The molecule has 5 heteroatoms. The highest BCUT2D eigenvalue weighted by atomic mass is 79.9. The second kappa shape index (κ2) is 6.17. The fraction of sp³-hybridized carbons (Fsp3) is 0.231. The van der Waals surface area contributed by atoms with Gasteiger partial charge >= 0.3 is 0 Å². The van der Waals surface area contributed by atoms with Crippen molar-refractivity contribution in [3.8, 4) is 0 Å². The number of aryl methyl sites for hydroxylation is 1. The van der Waals surface area contributed by atoms with Gasteiger partial charge in [0.25, 0.3) is 0 Å². The summed E-state index contributed by atoms with van der Waals surface area (Å²) in [7, 11) is 0. The molecule has 0 saturated heterocycles. The fourth-order valence-corrected chi connectivity index (χ4v) is 3.68. The van der Waals surface area contributed by atoms with Crippen LogP contribution in [0, 0.1) is 6.92 Å². The molecule has 2 nitrogen and oxygen atoms in total. The maximum absolute atomic E-state index is 5.97. The smallest absolute Gasteiger partial charge is 0.0510 e. The molecule has 1 aromatic carbocycles. The van der Waals surface area contributed by atoms with Crippen molar-refractivity contribution in [3.63, 3.8) is 0 Å². The first kappa shape index (κ1) is 14.0. The Hall–Kier alpha value is -0.390. The van der Waals surface area contributed by atoms with E-state index in [1.807, 2.05) is 18.2 Å². The van der Waals surface area contributed by atoms with Gasteiger partial charge in [-0.2, -0.15) is 0 Å². The maximum atomic E-state index is 5.97. The molecule has 0 amide bonds. The molecule has 0 bridgehead atoms. The molecule has 0 radical (unpaired) electrons. The number of thiophene rings is 1. The summed E-state index contributed by atoms with van der Waals surface area (Å²) < 4.78 is 1.12. The second-order valence-corrected chi connectivity index (χ2v) is 6.50. The zero-order valence-corrected chi connectivity index (χ0v) is 13.1. The topological polar surface area (TPSA) is 38.0 Å². The molecule has 1 heterocycles. The van der Waals surface area contributed by atoms with Crippen molar-refractivity contribution >= 4 is 38.9 Å². The molecule has 0 aliphatic carbocycles. The van der Waals surface area contributed by atoms with Crippen molar-refractivity contribution in [2.24, 2.45) is 5.84 Å². The Morgan fingerprint density at radius 2 is 2.22 bits per heavy atom. The SMILES string of the molecule is Cc1cc(Cl)ccc1C(Cc1cc(Br)cs1)NN. The van der Waals surface area contributed by atoms with Gasteiger partial charge < -0.3 is 0 Å². The minimum Gasteiger partial charge on any atom is -0.271 e. The van der Waals surface area contributed by atoms with Crippen LogP contribution in [0.15, 0.2) is 34.1 Å². The summed E-state index contributed by atoms with van der Waals surface area (Å²) in [6.45, 7) is 2.05. The first-order valence-corrected chi connectivity index (χ1v) is 7.60. The first-order valence-electron chi connectivity index (χ1n) is 5.55. The summed E-state index contributed by atoms with van der Waals surface area (Å²) in [4.78, 5) is 1.29. The van der Waals surface area contributed by atoms with E-state index in [2.05, 4.69) is 39.7 Å². The average molecular weight is 346 g/mol. The van der Waals surface area contributed by atoms with Crippen molar-refractivity contribution in [2.75, 3.05) is 0 Å². The Bertz CT molecular complexity index is 542. The molecule has 0 fully saturated rings. The normalized spacial score (nSPS) is 12.7. The lowest BCUT2D eigenvalue weighted by molar-refractivity contribution is 0.553. The number of rotatable bonds is 4. The van der Waals surface area contributed by atoms with E-state index in [9.17, 15) is 0 Å². The van der Waals surface area contributed by atoms with E-state index in [1.54, 1.807) is 11.3 Å². The Morgan fingerprint density at radius 3 is 2.78 bits per heavy atom. The molecule has 18 heavy (non-hydrogen) atoms. The third kappa shape index (κ3) is 3.33. The van der Waals surface area contributed by atoms with Crippen LogP contribution in [0.4, 0.5) is 0 Å². The standard InChI is InChI=1S/C13H14BrClN2S/c1-8-4-10(15)2-3-12(8)13(17-16)6-11-5-9(14)7-18-11/h2-5,7,13,17H,6,16H2,1H3. The van der Waals surface area contributed by atoms with Gasteiger partial charge in [-0.3, -0.25) is 11.3 Å². The van der Waals surface area contributed by atoms with Crippen LogP contribution in [0.3, 0.4) is 0 Å². The lowest BCUT2D eigenvalue weighted by atomic mass is 9.99.